The quantitative estimate of drug-likeness (QED) is 0.292. The van der Waals surface area contributed by atoms with Gasteiger partial charge in [-0.2, -0.15) is 26.3 Å². The monoisotopic (exact) mass is 591 g/mol. The SMILES string of the molecule is Cc1ccc(-c2cc(CCC(=O)O)ccc2C)c([C@@H]2CC[C@H]3[C@@H](c4cc(C(F)(F)F)cc(C(F)(F)F)c4)OC(=O)N23)c1. The van der Waals surface area contributed by atoms with Crippen molar-refractivity contribution in [2.24, 2.45) is 0 Å². The lowest BCUT2D eigenvalue weighted by Gasteiger charge is -2.26. The molecule has 222 valence electrons. The maximum atomic E-state index is 13.5. The van der Waals surface area contributed by atoms with Gasteiger partial charge in [-0.05, 0) is 84.7 Å². The molecule has 1 amide bonds. The zero-order valence-corrected chi connectivity index (χ0v) is 22.6. The fourth-order valence-electron chi connectivity index (χ4n) is 5.95. The molecule has 3 atom stereocenters. The number of hydrogen-bond donors (Lipinski definition) is 1. The summed E-state index contributed by atoms with van der Waals surface area (Å²) in [6.45, 7) is 3.78. The number of carboxylic acid groups (broad SMARTS) is 1. The minimum Gasteiger partial charge on any atom is -0.481 e. The topological polar surface area (TPSA) is 66.8 Å². The second-order valence-electron chi connectivity index (χ2n) is 10.8. The Morgan fingerprint density at radius 1 is 0.905 bits per heavy atom. The van der Waals surface area contributed by atoms with Crippen LogP contribution < -0.4 is 0 Å². The maximum absolute atomic E-state index is 13.5. The molecule has 2 saturated heterocycles. The molecule has 11 heteroatoms. The number of aliphatic carboxylic acids is 1. The van der Waals surface area contributed by atoms with Gasteiger partial charge < -0.3 is 9.84 Å². The van der Waals surface area contributed by atoms with Gasteiger partial charge >= 0.3 is 24.4 Å². The van der Waals surface area contributed by atoms with Crippen molar-refractivity contribution in [1.82, 2.24) is 4.90 Å². The molecule has 2 aliphatic heterocycles. The van der Waals surface area contributed by atoms with E-state index in [0.29, 0.717) is 31.4 Å². The summed E-state index contributed by atoms with van der Waals surface area (Å²) >= 11 is 0. The molecular formula is C31H27F6NO4. The van der Waals surface area contributed by atoms with E-state index in [0.717, 1.165) is 33.4 Å². The predicted octanol–water partition coefficient (Wildman–Crippen LogP) is 8.42. The third-order valence-electron chi connectivity index (χ3n) is 7.94. The van der Waals surface area contributed by atoms with E-state index in [1.54, 1.807) is 0 Å². The summed E-state index contributed by atoms with van der Waals surface area (Å²) in [7, 11) is 0. The molecule has 0 spiro atoms. The van der Waals surface area contributed by atoms with Gasteiger partial charge in [-0.3, -0.25) is 9.69 Å². The number of alkyl halides is 6. The molecule has 0 bridgehead atoms. The molecule has 0 unspecified atom stereocenters. The minimum absolute atomic E-state index is 0.0415. The van der Waals surface area contributed by atoms with Crippen LogP contribution in [-0.2, 0) is 28.3 Å². The molecule has 2 fully saturated rings. The first-order valence-corrected chi connectivity index (χ1v) is 13.3. The fraction of sp³-hybridized carbons (Fsp3) is 0.355. The van der Waals surface area contributed by atoms with Crippen molar-refractivity contribution in [3.05, 3.63) is 93.5 Å². The highest BCUT2D eigenvalue weighted by Gasteiger charge is 2.51. The molecule has 2 aliphatic rings. The Morgan fingerprint density at radius 2 is 1.57 bits per heavy atom. The Kier molecular flexibility index (Phi) is 7.49. The highest BCUT2D eigenvalue weighted by molar-refractivity contribution is 5.76. The maximum Gasteiger partial charge on any atom is 0.416 e. The lowest BCUT2D eigenvalue weighted by atomic mass is 9.89. The largest absolute Gasteiger partial charge is 0.481 e. The fourth-order valence-corrected chi connectivity index (χ4v) is 5.95. The molecule has 2 heterocycles. The Balaban J connectivity index is 1.53. The number of nitrogens with zero attached hydrogens (tertiary/aromatic N) is 1. The molecule has 0 aliphatic carbocycles. The Hall–Kier alpha value is -4.02. The summed E-state index contributed by atoms with van der Waals surface area (Å²) in [5.74, 6) is -0.921. The molecule has 0 radical (unpaired) electrons. The Labute approximate surface area is 237 Å². The number of benzene rings is 3. The summed E-state index contributed by atoms with van der Waals surface area (Å²) < 4.78 is 86.6. The van der Waals surface area contributed by atoms with Crippen LogP contribution in [-0.4, -0.2) is 28.1 Å². The molecule has 3 aromatic rings. The van der Waals surface area contributed by atoms with Crippen molar-refractivity contribution in [2.75, 3.05) is 0 Å². The van der Waals surface area contributed by atoms with E-state index >= 15 is 0 Å². The van der Waals surface area contributed by atoms with Crippen LogP contribution in [0, 0.1) is 13.8 Å². The number of carboxylic acids is 1. The van der Waals surface area contributed by atoms with Crippen molar-refractivity contribution in [1.29, 1.82) is 0 Å². The first kappa shape index (κ1) is 29.5. The number of aryl methyl sites for hydroxylation is 3. The first-order valence-electron chi connectivity index (χ1n) is 13.3. The first-order chi connectivity index (χ1) is 19.6. The average Bonchev–Trinajstić information content (AvgIpc) is 3.48. The number of hydrogen-bond acceptors (Lipinski definition) is 3. The minimum atomic E-state index is -5.02. The van der Waals surface area contributed by atoms with Gasteiger partial charge in [0.05, 0.1) is 23.2 Å². The van der Waals surface area contributed by atoms with Crippen molar-refractivity contribution in [3.63, 3.8) is 0 Å². The van der Waals surface area contributed by atoms with Crippen molar-refractivity contribution >= 4 is 12.1 Å². The zero-order valence-electron chi connectivity index (χ0n) is 22.6. The number of carbonyl (C=O) groups excluding carboxylic acids is 1. The van der Waals surface area contributed by atoms with Gasteiger partial charge in [-0.1, -0.05) is 42.0 Å². The van der Waals surface area contributed by atoms with Crippen molar-refractivity contribution in [3.8, 4) is 11.1 Å². The molecule has 0 aromatic heterocycles. The average molecular weight is 592 g/mol. The second kappa shape index (κ2) is 10.7. The van der Waals surface area contributed by atoms with Crippen LogP contribution >= 0.6 is 0 Å². The van der Waals surface area contributed by atoms with Crippen LogP contribution in [0.1, 0.15) is 70.4 Å². The van der Waals surface area contributed by atoms with Gasteiger partial charge in [0.2, 0.25) is 0 Å². The summed E-state index contributed by atoms with van der Waals surface area (Å²) in [5.41, 5.74) is 1.76. The number of ether oxygens (including phenoxy) is 1. The van der Waals surface area contributed by atoms with Gasteiger partial charge in [-0.15, -0.1) is 0 Å². The predicted molar refractivity (Wildman–Crippen MR) is 141 cm³/mol. The van der Waals surface area contributed by atoms with Gasteiger partial charge in [-0.25, -0.2) is 4.79 Å². The van der Waals surface area contributed by atoms with E-state index in [1.165, 1.54) is 4.90 Å². The van der Waals surface area contributed by atoms with E-state index < -0.39 is 53.7 Å². The van der Waals surface area contributed by atoms with E-state index in [4.69, 9.17) is 9.84 Å². The van der Waals surface area contributed by atoms with Gasteiger partial charge in [0, 0.05) is 6.42 Å². The van der Waals surface area contributed by atoms with Crippen LogP contribution in [0.2, 0.25) is 0 Å². The van der Waals surface area contributed by atoms with Crippen molar-refractivity contribution in [2.45, 2.75) is 70.1 Å². The van der Waals surface area contributed by atoms with Gasteiger partial charge in [0.15, 0.2) is 0 Å². The Morgan fingerprint density at radius 3 is 2.19 bits per heavy atom. The number of rotatable bonds is 6. The third-order valence-corrected chi connectivity index (χ3v) is 7.94. The number of amides is 1. The molecule has 1 N–H and O–H groups in total. The molecule has 5 rings (SSSR count). The van der Waals surface area contributed by atoms with E-state index in [2.05, 4.69) is 0 Å². The highest BCUT2D eigenvalue weighted by Crippen LogP contribution is 2.50. The molecular weight excluding hydrogens is 564 g/mol. The van der Waals surface area contributed by atoms with Crippen LogP contribution in [0.5, 0.6) is 0 Å². The highest BCUT2D eigenvalue weighted by atomic mass is 19.4. The number of fused-ring (bicyclic) bond motifs is 1. The smallest absolute Gasteiger partial charge is 0.416 e. The van der Waals surface area contributed by atoms with E-state index in [9.17, 15) is 35.9 Å². The summed E-state index contributed by atoms with van der Waals surface area (Å²) in [6, 6.07) is 11.4. The Bertz CT molecular complexity index is 1520. The standard InChI is InChI=1S/C31H27F6NO4/c1-16-3-7-22(23-12-18(5-4-17(23)2)6-10-27(39)40)24(11-16)25-8-9-26-28(42-29(41)38(25)26)19-13-20(30(32,33)34)15-21(14-19)31(35,36)37/h3-5,7,11-15,25-26,28H,6,8-10H2,1-2H3,(H,39,40)/t25-,26-,28+/m0/s1. The third kappa shape index (κ3) is 5.69. The number of cyclic esters (lactones) is 1. The number of halogens is 6. The molecule has 3 aromatic carbocycles. The lowest BCUT2D eigenvalue weighted by molar-refractivity contribution is -0.143. The van der Waals surface area contributed by atoms with Gasteiger partial charge in [0.25, 0.3) is 0 Å². The van der Waals surface area contributed by atoms with Crippen LogP contribution in [0.4, 0.5) is 31.1 Å². The second-order valence-corrected chi connectivity index (χ2v) is 10.8. The molecule has 0 saturated carbocycles. The van der Waals surface area contributed by atoms with Crippen LogP contribution in [0.15, 0.2) is 54.6 Å². The summed E-state index contributed by atoms with van der Waals surface area (Å²) in [6.07, 6.45) is -11.1. The molecule has 5 nitrogen and oxygen atoms in total. The normalized spacial score (nSPS) is 20.5. The number of carbonyl (C=O) groups is 2. The summed E-state index contributed by atoms with van der Waals surface area (Å²) in [5, 5.41) is 9.10. The van der Waals surface area contributed by atoms with Crippen LogP contribution in [0.25, 0.3) is 11.1 Å². The van der Waals surface area contributed by atoms with Gasteiger partial charge in [0.1, 0.15) is 6.10 Å². The van der Waals surface area contributed by atoms with Crippen LogP contribution in [0.3, 0.4) is 0 Å². The summed E-state index contributed by atoms with van der Waals surface area (Å²) in [4.78, 5) is 25.7. The lowest BCUT2D eigenvalue weighted by Crippen LogP contribution is -2.31. The van der Waals surface area contributed by atoms with E-state index in [1.807, 2.05) is 50.2 Å². The van der Waals surface area contributed by atoms with E-state index in [-0.39, 0.29) is 18.1 Å². The molecule has 42 heavy (non-hydrogen) atoms. The zero-order chi connectivity index (χ0) is 30.6. The van der Waals surface area contributed by atoms with Crippen molar-refractivity contribution < 1.29 is 45.8 Å².